The Morgan fingerprint density at radius 2 is 2.00 bits per heavy atom. The van der Waals surface area contributed by atoms with E-state index in [9.17, 15) is 14.0 Å². The Balaban J connectivity index is 1.60. The number of anilines is 2. The Morgan fingerprint density at radius 1 is 1.20 bits per heavy atom. The van der Waals surface area contributed by atoms with E-state index in [1.54, 1.807) is 49.4 Å². The molecular formula is C22H26FN3O4. The third kappa shape index (κ3) is 5.20. The number of rotatable bonds is 7. The second-order valence-electron chi connectivity index (χ2n) is 7.02. The van der Waals surface area contributed by atoms with Gasteiger partial charge in [0.25, 0.3) is 0 Å². The summed E-state index contributed by atoms with van der Waals surface area (Å²) in [5.41, 5.74) is 1.20. The molecular weight excluding hydrogens is 389 g/mol. The number of carbonyl (C=O) groups is 2. The number of halogens is 1. The molecule has 1 fully saturated rings. The van der Waals surface area contributed by atoms with Crippen LogP contribution in [0, 0.1) is 5.82 Å². The highest BCUT2D eigenvalue weighted by Gasteiger charge is 2.23. The van der Waals surface area contributed by atoms with Crippen molar-refractivity contribution in [1.29, 1.82) is 0 Å². The second kappa shape index (κ2) is 9.96. The number of carbonyl (C=O) groups excluding carboxylic acids is 2. The molecule has 0 bridgehead atoms. The van der Waals surface area contributed by atoms with Crippen LogP contribution in [0.1, 0.15) is 19.3 Å². The van der Waals surface area contributed by atoms with Crippen molar-refractivity contribution in [3.05, 3.63) is 48.3 Å². The molecule has 0 unspecified atom stereocenters. The zero-order valence-electron chi connectivity index (χ0n) is 17.2. The molecule has 7 nitrogen and oxygen atoms in total. The molecule has 2 aromatic rings. The molecule has 0 radical (unpaired) electrons. The lowest BCUT2D eigenvalue weighted by Gasteiger charge is -2.28. The minimum atomic E-state index is -0.442. The van der Waals surface area contributed by atoms with Crippen LogP contribution >= 0.6 is 0 Å². The van der Waals surface area contributed by atoms with E-state index < -0.39 is 5.82 Å². The number of para-hydroxylation sites is 1. The maximum atomic E-state index is 13.6. The van der Waals surface area contributed by atoms with Crippen molar-refractivity contribution in [2.75, 3.05) is 44.1 Å². The fourth-order valence-electron chi connectivity index (χ4n) is 3.21. The van der Waals surface area contributed by atoms with Crippen molar-refractivity contribution in [3.8, 4) is 11.5 Å². The van der Waals surface area contributed by atoms with Crippen LogP contribution in [0.15, 0.2) is 42.5 Å². The van der Waals surface area contributed by atoms with Crippen molar-refractivity contribution in [1.82, 2.24) is 4.90 Å². The predicted molar refractivity (Wildman–Crippen MR) is 113 cm³/mol. The van der Waals surface area contributed by atoms with Crippen LogP contribution in [-0.2, 0) is 4.79 Å². The quantitative estimate of drug-likeness (QED) is 0.745. The van der Waals surface area contributed by atoms with Crippen LogP contribution in [0.5, 0.6) is 11.5 Å². The zero-order chi connectivity index (χ0) is 21.5. The van der Waals surface area contributed by atoms with E-state index in [2.05, 4.69) is 5.32 Å². The molecule has 8 heteroatoms. The van der Waals surface area contributed by atoms with Gasteiger partial charge in [-0.25, -0.2) is 9.18 Å². The number of hydrogen-bond acceptors (Lipinski definition) is 4. The first-order chi connectivity index (χ1) is 14.5. The van der Waals surface area contributed by atoms with Crippen molar-refractivity contribution >= 4 is 23.3 Å². The highest BCUT2D eigenvalue weighted by atomic mass is 19.1. The number of nitrogens with zero attached hydrogens (tertiary/aromatic N) is 2. The van der Waals surface area contributed by atoms with Gasteiger partial charge < -0.3 is 24.6 Å². The SMILES string of the molecule is COc1ccc(NC(=O)N(C)CCOc2ccccc2F)cc1N1CCCCC1=O. The van der Waals surface area contributed by atoms with Gasteiger partial charge in [0.15, 0.2) is 11.6 Å². The van der Waals surface area contributed by atoms with Crippen molar-refractivity contribution < 1.29 is 23.5 Å². The first kappa shape index (κ1) is 21.4. The lowest BCUT2D eigenvalue weighted by molar-refractivity contribution is -0.119. The summed E-state index contributed by atoms with van der Waals surface area (Å²) in [5, 5.41) is 2.81. The number of urea groups is 1. The minimum absolute atomic E-state index is 0.0467. The van der Waals surface area contributed by atoms with Gasteiger partial charge in [-0.3, -0.25) is 4.79 Å². The average Bonchev–Trinajstić information content (AvgIpc) is 2.75. The molecule has 1 aliphatic heterocycles. The zero-order valence-corrected chi connectivity index (χ0v) is 17.2. The molecule has 0 aliphatic carbocycles. The standard InChI is InChI=1S/C22H26FN3O4/c1-25(13-14-30-19-8-4-3-7-17(19)23)22(28)24-16-10-11-20(29-2)18(15-16)26-12-6-5-9-21(26)27/h3-4,7-8,10-11,15H,5-6,9,12-14H2,1-2H3,(H,24,28). The van der Waals surface area contributed by atoms with Gasteiger partial charge in [0, 0.05) is 25.7 Å². The van der Waals surface area contributed by atoms with Crippen molar-refractivity contribution in [2.45, 2.75) is 19.3 Å². The normalized spacial score (nSPS) is 13.7. The second-order valence-corrected chi connectivity index (χ2v) is 7.02. The van der Waals surface area contributed by atoms with E-state index in [4.69, 9.17) is 9.47 Å². The van der Waals surface area contributed by atoms with Crippen LogP contribution in [0.2, 0.25) is 0 Å². The summed E-state index contributed by atoms with van der Waals surface area (Å²) in [6.45, 7) is 1.05. The number of hydrogen-bond donors (Lipinski definition) is 1. The van der Waals surface area contributed by atoms with Gasteiger partial charge in [-0.2, -0.15) is 0 Å². The molecule has 1 saturated heterocycles. The van der Waals surface area contributed by atoms with Crippen LogP contribution in [0.25, 0.3) is 0 Å². The molecule has 0 spiro atoms. The van der Waals surface area contributed by atoms with Crippen LogP contribution in [0.4, 0.5) is 20.6 Å². The summed E-state index contributed by atoms with van der Waals surface area (Å²) in [4.78, 5) is 27.9. The number of likely N-dealkylation sites (N-methyl/N-ethyl adjacent to an activating group) is 1. The molecule has 1 heterocycles. The Labute approximate surface area is 175 Å². The highest BCUT2D eigenvalue weighted by molar-refractivity contribution is 5.97. The lowest BCUT2D eigenvalue weighted by atomic mass is 10.1. The number of amides is 3. The van der Waals surface area contributed by atoms with Crippen molar-refractivity contribution in [2.24, 2.45) is 0 Å². The summed E-state index contributed by atoms with van der Waals surface area (Å²) >= 11 is 0. The largest absolute Gasteiger partial charge is 0.495 e. The molecule has 0 atom stereocenters. The summed E-state index contributed by atoms with van der Waals surface area (Å²) < 4.78 is 24.4. The fourth-order valence-corrected chi connectivity index (χ4v) is 3.21. The molecule has 1 N–H and O–H groups in total. The molecule has 3 rings (SSSR count). The number of benzene rings is 2. The maximum Gasteiger partial charge on any atom is 0.321 e. The molecule has 2 aromatic carbocycles. The minimum Gasteiger partial charge on any atom is -0.495 e. The van der Waals surface area contributed by atoms with E-state index in [0.717, 1.165) is 12.8 Å². The summed E-state index contributed by atoms with van der Waals surface area (Å²) in [5.74, 6) is 0.334. The smallest absolute Gasteiger partial charge is 0.321 e. The summed E-state index contributed by atoms with van der Waals surface area (Å²) in [6, 6.07) is 11.0. The third-order valence-electron chi connectivity index (χ3n) is 4.91. The number of methoxy groups -OCH3 is 1. The number of nitrogens with one attached hydrogen (secondary N) is 1. The summed E-state index contributed by atoms with van der Waals surface area (Å²) in [7, 11) is 3.17. The van der Waals surface area contributed by atoms with Gasteiger partial charge in [0.2, 0.25) is 5.91 Å². The van der Waals surface area contributed by atoms with Gasteiger partial charge in [0.05, 0.1) is 19.3 Å². The van der Waals surface area contributed by atoms with Gasteiger partial charge >= 0.3 is 6.03 Å². The third-order valence-corrected chi connectivity index (χ3v) is 4.91. The molecule has 0 saturated carbocycles. The first-order valence-electron chi connectivity index (χ1n) is 9.87. The Hall–Kier alpha value is -3.29. The topological polar surface area (TPSA) is 71.1 Å². The first-order valence-corrected chi connectivity index (χ1v) is 9.87. The van der Waals surface area contributed by atoms with Crippen LogP contribution in [0.3, 0.4) is 0 Å². The van der Waals surface area contributed by atoms with E-state index in [0.29, 0.717) is 30.1 Å². The maximum absolute atomic E-state index is 13.6. The van der Waals surface area contributed by atoms with Crippen LogP contribution in [-0.4, -0.2) is 50.7 Å². The average molecular weight is 415 g/mol. The van der Waals surface area contributed by atoms with E-state index in [-0.39, 0.29) is 30.8 Å². The Bertz CT molecular complexity index is 906. The van der Waals surface area contributed by atoms with Gasteiger partial charge in [-0.1, -0.05) is 12.1 Å². The Kier molecular flexibility index (Phi) is 7.11. The molecule has 1 aliphatic rings. The van der Waals surface area contributed by atoms with Gasteiger partial charge in [-0.15, -0.1) is 0 Å². The molecule has 30 heavy (non-hydrogen) atoms. The summed E-state index contributed by atoms with van der Waals surface area (Å²) in [6.07, 6.45) is 2.31. The number of ether oxygens (including phenoxy) is 2. The van der Waals surface area contributed by atoms with E-state index >= 15 is 0 Å². The van der Waals surface area contributed by atoms with Gasteiger partial charge in [0.1, 0.15) is 12.4 Å². The number of piperidine rings is 1. The van der Waals surface area contributed by atoms with E-state index in [1.807, 2.05) is 0 Å². The molecule has 0 aromatic heterocycles. The monoisotopic (exact) mass is 415 g/mol. The molecule has 160 valence electrons. The lowest BCUT2D eigenvalue weighted by Crippen LogP contribution is -2.36. The highest BCUT2D eigenvalue weighted by Crippen LogP contribution is 2.33. The van der Waals surface area contributed by atoms with Crippen molar-refractivity contribution in [3.63, 3.8) is 0 Å². The molecule has 3 amide bonds. The van der Waals surface area contributed by atoms with Crippen LogP contribution < -0.4 is 19.7 Å². The van der Waals surface area contributed by atoms with E-state index in [1.165, 1.54) is 17.0 Å². The predicted octanol–water partition coefficient (Wildman–Crippen LogP) is 3.89. The Morgan fingerprint density at radius 3 is 2.73 bits per heavy atom. The van der Waals surface area contributed by atoms with Gasteiger partial charge in [-0.05, 0) is 43.2 Å². The fraction of sp³-hybridized carbons (Fsp3) is 0.364.